The highest BCUT2D eigenvalue weighted by Gasteiger charge is 2.30. The van der Waals surface area contributed by atoms with E-state index < -0.39 is 15.6 Å². The van der Waals surface area contributed by atoms with Gasteiger partial charge in [0.15, 0.2) is 0 Å². The van der Waals surface area contributed by atoms with Crippen LogP contribution in [0.5, 0.6) is 5.75 Å². The van der Waals surface area contributed by atoms with Crippen LogP contribution in [-0.2, 0) is 16.6 Å². The number of hydrogen-bond acceptors (Lipinski definition) is 7. The lowest BCUT2D eigenvalue weighted by molar-refractivity contribution is 0.293. The molecule has 3 heterocycles. The number of benzene rings is 2. The Labute approximate surface area is 209 Å². The molecule has 0 bridgehead atoms. The number of nitrogens with zero attached hydrogens (tertiary/aromatic N) is 5. The molecule has 1 aliphatic heterocycles. The summed E-state index contributed by atoms with van der Waals surface area (Å²) >= 11 is 0. The molecule has 0 atom stereocenters. The maximum absolute atomic E-state index is 13.5. The van der Waals surface area contributed by atoms with E-state index in [1.807, 2.05) is 41.3 Å². The van der Waals surface area contributed by atoms with Crippen molar-refractivity contribution in [3.8, 4) is 11.4 Å². The smallest absolute Gasteiger partial charge is 0.316 e. The number of aromatic nitrogens is 3. The number of hydrogen-bond donors (Lipinski definition) is 0. The number of sulfonamides is 1. The first-order chi connectivity index (χ1) is 17.5. The molecule has 1 aliphatic rings. The minimum absolute atomic E-state index is 0.115. The Balaban J connectivity index is 1.42. The lowest BCUT2D eigenvalue weighted by Crippen LogP contribution is -2.49. The van der Waals surface area contributed by atoms with E-state index in [1.54, 1.807) is 54.9 Å². The van der Waals surface area contributed by atoms with Crippen LogP contribution >= 0.6 is 0 Å². The molecule has 0 saturated carbocycles. The van der Waals surface area contributed by atoms with E-state index in [9.17, 15) is 13.2 Å². The zero-order chi connectivity index (χ0) is 25.0. The highest BCUT2D eigenvalue weighted by atomic mass is 32.2. The SMILES string of the molecule is O=c1c(OCc2ccccn2)c(N2CCN(S(=O)(=O)c3ccccc3)CC2)cnn1-c1ccccc1. The Hall–Kier alpha value is -4.02. The second-order valence-electron chi connectivity index (χ2n) is 8.23. The molecular weight excluding hydrogens is 478 g/mol. The Bertz CT molecular complexity index is 1470. The van der Waals surface area contributed by atoms with Crippen LogP contribution in [0.1, 0.15) is 5.69 Å². The number of ether oxygens (including phenoxy) is 1. The number of piperazine rings is 1. The van der Waals surface area contributed by atoms with Crippen LogP contribution in [0.3, 0.4) is 0 Å². The summed E-state index contributed by atoms with van der Waals surface area (Å²) < 4.78 is 34.8. The molecule has 1 saturated heterocycles. The van der Waals surface area contributed by atoms with Crippen molar-refractivity contribution in [2.75, 3.05) is 31.1 Å². The van der Waals surface area contributed by atoms with Crippen molar-refractivity contribution in [2.24, 2.45) is 0 Å². The standard InChI is InChI=1S/C26H25N5O4S/c32-26-25(35-20-21-9-7-8-14-27-21)24(19-28-31(26)22-10-3-1-4-11-22)29-15-17-30(18-16-29)36(33,34)23-12-5-2-6-13-23/h1-14,19H,15-18,20H2. The van der Waals surface area contributed by atoms with Crippen molar-refractivity contribution in [3.05, 3.63) is 107 Å². The molecule has 184 valence electrons. The summed E-state index contributed by atoms with van der Waals surface area (Å²) in [5, 5.41) is 4.39. The summed E-state index contributed by atoms with van der Waals surface area (Å²) in [7, 11) is -3.59. The lowest BCUT2D eigenvalue weighted by atomic mass is 10.3. The number of pyridine rings is 1. The lowest BCUT2D eigenvalue weighted by Gasteiger charge is -2.35. The van der Waals surface area contributed by atoms with E-state index in [0.717, 1.165) is 0 Å². The van der Waals surface area contributed by atoms with Crippen molar-refractivity contribution in [1.29, 1.82) is 0 Å². The van der Waals surface area contributed by atoms with E-state index in [2.05, 4.69) is 10.1 Å². The fourth-order valence-electron chi connectivity index (χ4n) is 4.08. The summed E-state index contributed by atoms with van der Waals surface area (Å²) in [5.74, 6) is 0.152. The highest BCUT2D eigenvalue weighted by molar-refractivity contribution is 7.89. The Kier molecular flexibility index (Phi) is 6.79. The monoisotopic (exact) mass is 503 g/mol. The van der Waals surface area contributed by atoms with E-state index in [-0.39, 0.29) is 30.3 Å². The van der Waals surface area contributed by atoms with Crippen molar-refractivity contribution in [3.63, 3.8) is 0 Å². The first-order valence-electron chi connectivity index (χ1n) is 11.5. The van der Waals surface area contributed by atoms with Crippen LogP contribution in [0.15, 0.2) is 101 Å². The van der Waals surface area contributed by atoms with E-state index in [4.69, 9.17) is 4.74 Å². The van der Waals surface area contributed by atoms with Crippen LogP contribution < -0.4 is 15.2 Å². The van der Waals surface area contributed by atoms with Gasteiger partial charge in [0.05, 0.1) is 22.5 Å². The quantitative estimate of drug-likeness (QED) is 0.383. The topological polar surface area (TPSA) is 97.6 Å². The molecule has 2 aromatic carbocycles. The van der Waals surface area contributed by atoms with E-state index in [1.165, 1.54) is 8.99 Å². The maximum atomic E-state index is 13.5. The zero-order valence-electron chi connectivity index (χ0n) is 19.5. The molecule has 9 nitrogen and oxygen atoms in total. The third-order valence-electron chi connectivity index (χ3n) is 5.97. The summed E-state index contributed by atoms with van der Waals surface area (Å²) in [4.78, 5) is 20.0. The van der Waals surface area contributed by atoms with Gasteiger partial charge in [-0.15, -0.1) is 0 Å². The van der Waals surface area contributed by atoms with Gasteiger partial charge in [-0.3, -0.25) is 9.78 Å². The molecule has 0 amide bonds. The van der Waals surface area contributed by atoms with Gasteiger partial charge in [0.2, 0.25) is 15.8 Å². The van der Waals surface area contributed by atoms with Crippen LogP contribution in [0.2, 0.25) is 0 Å². The van der Waals surface area contributed by atoms with Crippen molar-refractivity contribution in [2.45, 2.75) is 11.5 Å². The second-order valence-corrected chi connectivity index (χ2v) is 10.2. The molecular formula is C26H25N5O4S. The molecule has 2 aromatic heterocycles. The molecule has 5 rings (SSSR count). The first-order valence-corrected chi connectivity index (χ1v) is 13.0. The number of rotatable bonds is 7. The average molecular weight is 504 g/mol. The minimum atomic E-state index is -3.59. The number of para-hydroxylation sites is 1. The van der Waals surface area contributed by atoms with Gasteiger partial charge in [-0.2, -0.15) is 14.1 Å². The molecule has 10 heteroatoms. The second kappa shape index (κ2) is 10.3. The van der Waals surface area contributed by atoms with E-state index >= 15 is 0 Å². The molecule has 0 aliphatic carbocycles. The van der Waals surface area contributed by atoms with Crippen LogP contribution in [0.4, 0.5) is 5.69 Å². The fraction of sp³-hybridized carbons (Fsp3) is 0.192. The van der Waals surface area contributed by atoms with Crippen molar-refractivity contribution >= 4 is 15.7 Å². The van der Waals surface area contributed by atoms with Crippen LogP contribution in [-0.4, -0.2) is 53.7 Å². The van der Waals surface area contributed by atoms with Gasteiger partial charge in [0.1, 0.15) is 12.3 Å². The van der Waals surface area contributed by atoms with Gasteiger partial charge in [-0.25, -0.2) is 8.42 Å². The molecule has 36 heavy (non-hydrogen) atoms. The van der Waals surface area contributed by atoms with Gasteiger partial charge >= 0.3 is 5.56 Å². The average Bonchev–Trinajstić information content (AvgIpc) is 2.94. The molecule has 0 radical (unpaired) electrons. The Morgan fingerprint density at radius 1 is 0.833 bits per heavy atom. The van der Waals surface area contributed by atoms with Crippen LogP contribution in [0.25, 0.3) is 5.69 Å². The fourth-order valence-corrected chi connectivity index (χ4v) is 5.53. The predicted octanol–water partition coefficient (Wildman–Crippen LogP) is 2.72. The third kappa shape index (κ3) is 4.86. The van der Waals surface area contributed by atoms with Gasteiger partial charge in [-0.1, -0.05) is 42.5 Å². The van der Waals surface area contributed by atoms with Gasteiger partial charge < -0.3 is 9.64 Å². The van der Waals surface area contributed by atoms with Gasteiger partial charge in [-0.05, 0) is 36.4 Å². The molecule has 0 N–H and O–H groups in total. The maximum Gasteiger partial charge on any atom is 0.316 e. The minimum Gasteiger partial charge on any atom is -0.480 e. The third-order valence-corrected chi connectivity index (χ3v) is 7.88. The van der Waals surface area contributed by atoms with Gasteiger partial charge in [0.25, 0.3) is 0 Å². The highest BCUT2D eigenvalue weighted by Crippen LogP contribution is 2.27. The van der Waals surface area contributed by atoms with Crippen molar-refractivity contribution < 1.29 is 13.2 Å². The Morgan fingerprint density at radius 3 is 2.17 bits per heavy atom. The predicted molar refractivity (Wildman–Crippen MR) is 136 cm³/mol. The number of anilines is 1. The molecule has 4 aromatic rings. The summed E-state index contributed by atoms with van der Waals surface area (Å²) in [6.45, 7) is 1.45. The molecule has 0 unspecified atom stereocenters. The molecule has 1 fully saturated rings. The Morgan fingerprint density at radius 2 is 1.50 bits per heavy atom. The largest absolute Gasteiger partial charge is 0.480 e. The first kappa shape index (κ1) is 23.7. The zero-order valence-corrected chi connectivity index (χ0v) is 20.3. The van der Waals surface area contributed by atoms with Crippen LogP contribution in [0, 0.1) is 0 Å². The normalized spacial score (nSPS) is 14.5. The van der Waals surface area contributed by atoms with Gasteiger partial charge in [0, 0.05) is 32.4 Å². The summed E-state index contributed by atoms with van der Waals surface area (Å²) in [6, 6.07) is 23.0. The van der Waals surface area contributed by atoms with E-state index in [0.29, 0.717) is 30.2 Å². The summed E-state index contributed by atoms with van der Waals surface area (Å²) in [5.41, 5.74) is 1.44. The summed E-state index contributed by atoms with van der Waals surface area (Å²) in [6.07, 6.45) is 3.27. The van der Waals surface area contributed by atoms with Crippen molar-refractivity contribution in [1.82, 2.24) is 19.1 Å². The molecule has 0 spiro atoms.